The van der Waals surface area contributed by atoms with Crippen molar-refractivity contribution in [3.63, 3.8) is 0 Å². The van der Waals surface area contributed by atoms with Crippen LogP contribution in [0.4, 0.5) is 4.39 Å². The van der Waals surface area contributed by atoms with Crippen LogP contribution in [0.15, 0.2) is 27.8 Å². The maximum Gasteiger partial charge on any atom is 0.209 e. The van der Waals surface area contributed by atoms with Gasteiger partial charge >= 0.3 is 0 Å². The number of hydrogen-bond donors (Lipinski definition) is 0. The predicted molar refractivity (Wildman–Crippen MR) is 69.7 cm³/mol. The van der Waals surface area contributed by atoms with Crippen LogP contribution in [0.3, 0.4) is 0 Å². The highest BCUT2D eigenvalue weighted by molar-refractivity contribution is 9.10. The van der Waals surface area contributed by atoms with E-state index in [0.29, 0.717) is 11.8 Å². The summed E-state index contributed by atoms with van der Waals surface area (Å²) in [5, 5.41) is 12.5. The van der Waals surface area contributed by atoms with Crippen LogP contribution in [0, 0.1) is 5.82 Å². The molecule has 0 radical (unpaired) electrons. The fourth-order valence-electron chi connectivity index (χ4n) is 1.67. The van der Waals surface area contributed by atoms with Gasteiger partial charge in [0, 0.05) is 10.2 Å². The number of benzene rings is 1. The molecule has 0 atom stereocenters. The average molecular weight is 329 g/mol. The lowest BCUT2D eigenvalue weighted by atomic mass is 10.2. The number of thioether (sulfide) groups is 1. The second-order valence-electron chi connectivity index (χ2n) is 4.20. The first-order valence-corrected chi connectivity index (χ1v) is 7.36. The van der Waals surface area contributed by atoms with E-state index in [0.717, 1.165) is 28.0 Å². The number of rotatable bonds is 4. The standard InChI is InChI=1S/C11H10BrFN4S/c12-8-3-7(4-9(13)5-8)6-18-11-14-15-16-17(11)10-1-2-10/h3-5,10H,1-2,6H2. The monoisotopic (exact) mass is 328 g/mol. The highest BCUT2D eigenvalue weighted by Crippen LogP contribution is 2.37. The van der Waals surface area contributed by atoms with Gasteiger partial charge in [0.25, 0.3) is 0 Å². The van der Waals surface area contributed by atoms with Gasteiger partial charge in [0.1, 0.15) is 5.82 Å². The number of aromatic nitrogens is 4. The average Bonchev–Trinajstić information content (AvgIpc) is 3.05. The van der Waals surface area contributed by atoms with Gasteiger partial charge in [-0.25, -0.2) is 9.07 Å². The summed E-state index contributed by atoms with van der Waals surface area (Å²) in [7, 11) is 0. The van der Waals surface area contributed by atoms with Gasteiger partial charge in [0.15, 0.2) is 0 Å². The van der Waals surface area contributed by atoms with Crippen LogP contribution in [0.25, 0.3) is 0 Å². The molecule has 0 unspecified atom stereocenters. The molecule has 1 aliphatic carbocycles. The molecule has 2 aromatic rings. The van der Waals surface area contributed by atoms with Crippen LogP contribution < -0.4 is 0 Å². The Morgan fingerprint density at radius 1 is 1.39 bits per heavy atom. The summed E-state index contributed by atoms with van der Waals surface area (Å²) < 4.78 is 15.8. The van der Waals surface area contributed by atoms with E-state index in [4.69, 9.17) is 0 Å². The third kappa shape index (κ3) is 2.72. The molecule has 18 heavy (non-hydrogen) atoms. The summed E-state index contributed by atoms with van der Waals surface area (Å²) in [5.41, 5.74) is 0.914. The zero-order valence-electron chi connectivity index (χ0n) is 9.38. The van der Waals surface area contributed by atoms with E-state index in [1.807, 2.05) is 10.7 Å². The molecular weight excluding hydrogens is 319 g/mol. The summed E-state index contributed by atoms with van der Waals surface area (Å²) in [6.07, 6.45) is 2.29. The van der Waals surface area contributed by atoms with Gasteiger partial charge in [-0.15, -0.1) is 5.10 Å². The van der Waals surface area contributed by atoms with Gasteiger partial charge in [0.2, 0.25) is 5.16 Å². The van der Waals surface area contributed by atoms with Crippen molar-refractivity contribution >= 4 is 27.7 Å². The highest BCUT2D eigenvalue weighted by atomic mass is 79.9. The van der Waals surface area contributed by atoms with Crippen molar-refractivity contribution in [3.05, 3.63) is 34.1 Å². The van der Waals surface area contributed by atoms with E-state index in [-0.39, 0.29) is 5.82 Å². The SMILES string of the molecule is Fc1cc(Br)cc(CSc2nnnn2C2CC2)c1. The molecule has 1 aliphatic rings. The van der Waals surface area contributed by atoms with Gasteiger partial charge in [-0.05, 0) is 47.0 Å². The molecule has 1 aromatic carbocycles. The van der Waals surface area contributed by atoms with Crippen molar-refractivity contribution in [2.45, 2.75) is 29.8 Å². The summed E-state index contributed by atoms with van der Waals surface area (Å²) in [5.74, 6) is 0.422. The molecule has 1 saturated carbocycles. The first kappa shape index (κ1) is 12.1. The number of tetrazole rings is 1. The Morgan fingerprint density at radius 3 is 2.94 bits per heavy atom. The Balaban J connectivity index is 1.71. The minimum absolute atomic E-state index is 0.234. The van der Waals surface area contributed by atoms with E-state index in [2.05, 4.69) is 31.5 Å². The quantitative estimate of drug-likeness (QED) is 0.808. The molecule has 7 heteroatoms. The zero-order valence-corrected chi connectivity index (χ0v) is 11.8. The lowest BCUT2D eigenvalue weighted by molar-refractivity contribution is 0.565. The Bertz CT molecular complexity index is 550. The van der Waals surface area contributed by atoms with E-state index in [1.165, 1.54) is 23.9 Å². The smallest absolute Gasteiger partial charge is 0.209 e. The Morgan fingerprint density at radius 2 is 2.22 bits per heavy atom. The van der Waals surface area contributed by atoms with Crippen molar-refractivity contribution in [2.24, 2.45) is 0 Å². The van der Waals surface area contributed by atoms with Gasteiger partial charge in [0.05, 0.1) is 6.04 Å². The fourth-order valence-corrected chi connectivity index (χ4v) is 3.06. The van der Waals surface area contributed by atoms with Gasteiger partial charge in [-0.1, -0.05) is 27.7 Å². The van der Waals surface area contributed by atoms with Crippen LogP contribution in [0.5, 0.6) is 0 Å². The Hall–Kier alpha value is -0.950. The lowest BCUT2D eigenvalue weighted by Gasteiger charge is -2.03. The summed E-state index contributed by atoms with van der Waals surface area (Å²) in [4.78, 5) is 0. The minimum Gasteiger partial charge on any atom is -0.217 e. The number of halogens is 2. The molecule has 0 saturated heterocycles. The summed E-state index contributed by atoms with van der Waals surface area (Å²) in [6.45, 7) is 0. The molecule has 0 amide bonds. The van der Waals surface area contributed by atoms with Crippen LogP contribution >= 0.6 is 27.7 Å². The Labute approximate surface area is 116 Å². The van der Waals surface area contributed by atoms with Crippen LogP contribution in [0.1, 0.15) is 24.4 Å². The molecule has 94 valence electrons. The zero-order chi connectivity index (χ0) is 12.5. The largest absolute Gasteiger partial charge is 0.217 e. The topological polar surface area (TPSA) is 43.6 Å². The molecule has 0 bridgehead atoms. The summed E-state index contributed by atoms with van der Waals surface area (Å²) >= 11 is 4.82. The normalized spacial score (nSPS) is 15.0. The number of hydrogen-bond acceptors (Lipinski definition) is 4. The molecule has 1 aromatic heterocycles. The maximum absolute atomic E-state index is 13.2. The van der Waals surface area contributed by atoms with Crippen molar-refractivity contribution in [3.8, 4) is 0 Å². The molecule has 0 N–H and O–H groups in total. The third-order valence-corrected chi connectivity index (χ3v) is 4.11. The van der Waals surface area contributed by atoms with Crippen LogP contribution in [-0.2, 0) is 5.75 Å². The Kier molecular flexibility index (Phi) is 3.34. The fraction of sp³-hybridized carbons (Fsp3) is 0.364. The first-order valence-electron chi connectivity index (χ1n) is 5.58. The van der Waals surface area contributed by atoms with Gasteiger partial charge in [-0.2, -0.15) is 0 Å². The molecule has 0 spiro atoms. The van der Waals surface area contributed by atoms with E-state index in [9.17, 15) is 4.39 Å². The van der Waals surface area contributed by atoms with Crippen molar-refractivity contribution < 1.29 is 4.39 Å². The maximum atomic E-state index is 13.2. The van der Waals surface area contributed by atoms with Crippen molar-refractivity contribution in [2.75, 3.05) is 0 Å². The van der Waals surface area contributed by atoms with Crippen LogP contribution in [0.2, 0.25) is 0 Å². The first-order chi connectivity index (χ1) is 8.72. The predicted octanol–water partition coefficient (Wildman–Crippen LogP) is 3.20. The summed E-state index contributed by atoms with van der Waals surface area (Å²) in [6, 6.07) is 5.34. The van der Waals surface area contributed by atoms with E-state index in [1.54, 1.807) is 0 Å². The molecule has 3 rings (SSSR count). The van der Waals surface area contributed by atoms with Gasteiger partial charge in [-0.3, -0.25) is 0 Å². The van der Waals surface area contributed by atoms with Crippen molar-refractivity contribution in [1.29, 1.82) is 0 Å². The second-order valence-corrected chi connectivity index (χ2v) is 6.06. The van der Waals surface area contributed by atoms with Crippen molar-refractivity contribution in [1.82, 2.24) is 20.2 Å². The molecule has 1 heterocycles. The minimum atomic E-state index is -0.234. The van der Waals surface area contributed by atoms with E-state index >= 15 is 0 Å². The number of nitrogens with zero attached hydrogens (tertiary/aromatic N) is 4. The van der Waals surface area contributed by atoms with Crippen LogP contribution in [-0.4, -0.2) is 20.2 Å². The lowest BCUT2D eigenvalue weighted by Crippen LogP contribution is -1.98. The van der Waals surface area contributed by atoms with Gasteiger partial charge < -0.3 is 0 Å². The highest BCUT2D eigenvalue weighted by Gasteiger charge is 2.27. The molecule has 1 fully saturated rings. The second kappa shape index (κ2) is 4.97. The molecular formula is C11H10BrFN4S. The third-order valence-electron chi connectivity index (χ3n) is 2.65. The van der Waals surface area contributed by atoms with E-state index < -0.39 is 0 Å². The molecule has 0 aliphatic heterocycles. The molecule has 4 nitrogen and oxygen atoms in total.